The molecule has 0 amide bonds. The molecular formula is C20H13N3PoS. The first-order valence-corrected chi connectivity index (χ1v) is 11.9. The topological polar surface area (TPSA) is 30.7 Å². The molecule has 0 N–H and O–H groups in total. The van der Waals surface area contributed by atoms with Crippen LogP contribution < -0.4 is 6.44 Å². The minimum atomic E-state index is -0.984. The zero-order chi connectivity index (χ0) is 16.6. The molecular weight excluding hydrogens is 523 g/mol. The zero-order valence-electron chi connectivity index (χ0n) is 13.2. The number of rotatable bonds is 1. The van der Waals surface area contributed by atoms with Gasteiger partial charge >= 0.3 is 163 Å². The van der Waals surface area contributed by atoms with Crippen molar-refractivity contribution in [2.45, 2.75) is 9.92 Å². The van der Waals surface area contributed by atoms with Gasteiger partial charge in [0, 0.05) is 0 Å². The fraction of sp³-hybridized carbons (Fsp3) is 0. The van der Waals surface area contributed by atoms with Crippen LogP contribution in [0.2, 0.25) is 0 Å². The van der Waals surface area contributed by atoms with Crippen LogP contribution in [0.4, 0.5) is 0 Å². The third kappa shape index (κ3) is 2.82. The molecule has 25 heavy (non-hydrogen) atoms. The molecule has 1 aliphatic heterocycles. The Balaban J connectivity index is 1.77. The molecule has 2 aromatic carbocycles. The molecule has 2 bridgehead atoms. The van der Waals surface area contributed by atoms with E-state index in [1.165, 1.54) is 22.6 Å². The van der Waals surface area contributed by atoms with E-state index in [1.807, 2.05) is 16.9 Å². The van der Waals surface area contributed by atoms with Gasteiger partial charge in [0.05, 0.1) is 0 Å². The van der Waals surface area contributed by atoms with Crippen molar-refractivity contribution in [2.24, 2.45) is 0 Å². The maximum atomic E-state index is 4.76. The van der Waals surface area contributed by atoms with E-state index in [0.29, 0.717) is 0 Å². The van der Waals surface area contributed by atoms with E-state index in [-0.39, 0.29) is 0 Å². The first-order valence-electron chi connectivity index (χ1n) is 7.94. The van der Waals surface area contributed by atoms with E-state index in [2.05, 4.69) is 71.8 Å². The van der Waals surface area contributed by atoms with E-state index in [1.54, 1.807) is 11.8 Å². The molecule has 0 aliphatic carbocycles. The zero-order valence-corrected chi connectivity index (χ0v) is 17.2. The van der Waals surface area contributed by atoms with Crippen LogP contribution >= 0.6 is 11.8 Å². The molecule has 3 heterocycles. The summed E-state index contributed by atoms with van der Waals surface area (Å²) in [4.78, 5) is 5.92. The molecule has 120 valence electrons. The summed E-state index contributed by atoms with van der Waals surface area (Å²) in [6.07, 6.45) is 3.93. The van der Waals surface area contributed by atoms with Gasteiger partial charge in [0.15, 0.2) is 0 Å². The maximum absolute atomic E-state index is 4.76. The van der Waals surface area contributed by atoms with Crippen LogP contribution in [0.5, 0.6) is 0 Å². The van der Waals surface area contributed by atoms with Crippen LogP contribution in [0.3, 0.4) is 0 Å². The molecule has 0 atom stereocenters. The molecule has 1 aliphatic rings. The minimum absolute atomic E-state index is 0.984. The molecule has 2 aromatic heterocycles. The van der Waals surface area contributed by atoms with Gasteiger partial charge in [-0.2, -0.15) is 0 Å². The van der Waals surface area contributed by atoms with Gasteiger partial charge in [0.2, 0.25) is 0 Å². The number of para-hydroxylation sites is 1. The van der Waals surface area contributed by atoms with Crippen LogP contribution in [-0.2, 0) is 0 Å². The van der Waals surface area contributed by atoms with Gasteiger partial charge in [-0.1, -0.05) is 0 Å². The Hall–Kier alpha value is -1.95. The summed E-state index contributed by atoms with van der Waals surface area (Å²) in [6, 6.07) is 23.4. The molecule has 0 saturated carbocycles. The van der Waals surface area contributed by atoms with Gasteiger partial charge in [-0.05, 0) is 0 Å². The number of nitrogens with zero attached hydrogens (tertiary/aromatic N) is 3. The third-order valence-electron chi connectivity index (χ3n) is 4.02. The van der Waals surface area contributed by atoms with Gasteiger partial charge < -0.3 is 0 Å². The van der Waals surface area contributed by atoms with Crippen LogP contribution in [0, 0.1) is 0 Å². The van der Waals surface area contributed by atoms with Gasteiger partial charge in [0.25, 0.3) is 0 Å². The summed E-state index contributed by atoms with van der Waals surface area (Å²) >= 11 is 0.777. The average Bonchev–Trinajstić information content (AvgIpc) is 3.14. The van der Waals surface area contributed by atoms with Crippen LogP contribution in [0.1, 0.15) is 0 Å². The van der Waals surface area contributed by atoms with Crippen molar-refractivity contribution in [3.63, 3.8) is 0 Å². The van der Waals surface area contributed by atoms with E-state index in [0.717, 1.165) is 10.7 Å². The predicted octanol–water partition coefficient (Wildman–Crippen LogP) is 3.05. The summed E-state index contributed by atoms with van der Waals surface area (Å²) in [6.45, 7) is 0. The number of aromatic nitrogens is 3. The van der Waals surface area contributed by atoms with Gasteiger partial charge in [-0.3, -0.25) is 0 Å². The molecule has 5 heteroatoms. The third-order valence-corrected chi connectivity index (χ3v) is 10.3. The van der Waals surface area contributed by atoms with Crippen molar-refractivity contribution < 1.29 is 0 Å². The summed E-state index contributed by atoms with van der Waals surface area (Å²) in [7, 11) is 0. The summed E-state index contributed by atoms with van der Waals surface area (Å²) in [5, 5.41) is 5.80. The fourth-order valence-electron chi connectivity index (χ4n) is 2.88. The Bertz CT molecular complexity index is 1060. The number of fused-ring (bicyclic) bond motifs is 5. The van der Waals surface area contributed by atoms with Crippen LogP contribution in [-0.4, -0.2) is 38.3 Å². The van der Waals surface area contributed by atoms with E-state index >= 15 is 0 Å². The second-order valence-corrected chi connectivity index (χ2v) is 10.8. The van der Waals surface area contributed by atoms with Gasteiger partial charge in [-0.15, -0.1) is 0 Å². The Morgan fingerprint density at radius 2 is 1.80 bits per heavy atom. The van der Waals surface area contributed by atoms with Crippen molar-refractivity contribution in [2.75, 3.05) is 0 Å². The first kappa shape index (κ1) is 15.3. The van der Waals surface area contributed by atoms with Gasteiger partial charge in [0.1, 0.15) is 0 Å². The fourth-order valence-corrected chi connectivity index (χ4v) is 8.77. The SMILES string of the molecule is c1ccc(-c2cccc3[c]2[Po][c]2ccccc2-n2ccc(n2)S3)nc1. The Labute approximate surface area is 161 Å². The number of hydrogen-bond donors (Lipinski definition) is 0. The van der Waals surface area contributed by atoms with Crippen molar-refractivity contribution >= 4 is 41.8 Å². The first-order chi connectivity index (χ1) is 12.4. The predicted molar refractivity (Wildman–Crippen MR) is 102 cm³/mol. The van der Waals surface area contributed by atoms with E-state index < -0.39 is 23.6 Å². The summed E-state index contributed by atoms with van der Waals surface area (Å²) in [5.74, 6) is 0. The van der Waals surface area contributed by atoms with Crippen molar-refractivity contribution in [3.05, 3.63) is 79.1 Å². The second kappa shape index (κ2) is 6.41. The standard InChI is InChI=1S/C20H13N3S.Po/c1-2-8-17(9-3-1)23-14-12-20(22-23)24-18-10-6-7-16(15-18)19-11-4-5-13-21-19;/h1-8,10-14H;. The van der Waals surface area contributed by atoms with E-state index in [4.69, 9.17) is 5.10 Å². The molecule has 4 aromatic rings. The Morgan fingerprint density at radius 3 is 2.72 bits per heavy atom. The van der Waals surface area contributed by atoms with Crippen molar-refractivity contribution in [1.82, 2.24) is 14.8 Å². The molecule has 0 spiro atoms. The number of pyridine rings is 1. The van der Waals surface area contributed by atoms with Crippen LogP contribution in [0.25, 0.3) is 16.9 Å². The average molecular weight is 536 g/mol. The summed E-state index contributed by atoms with van der Waals surface area (Å²) in [5.41, 5.74) is 3.53. The van der Waals surface area contributed by atoms with Crippen molar-refractivity contribution in [1.29, 1.82) is 0 Å². The van der Waals surface area contributed by atoms with Gasteiger partial charge in [-0.25, -0.2) is 0 Å². The van der Waals surface area contributed by atoms with Crippen LogP contribution in [0.15, 0.2) is 89.0 Å². The second-order valence-electron chi connectivity index (χ2n) is 5.62. The number of benzene rings is 2. The molecule has 0 fully saturated rings. The molecule has 0 saturated heterocycles. The quantitative estimate of drug-likeness (QED) is 0.330. The molecule has 5 rings (SSSR count). The molecule has 0 radical (unpaired) electrons. The molecule has 0 unspecified atom stereocenters. The normalized spacial score (nSPS) is 12.5. The summed E-state index contributed by atoms with van der Waals surface area (Å²) < 4.78 is 4.93. The van der Waals surface area contributed by atoms with E-state index in [9.17, 15) is 0 Å². The molecule has 3 nitrogen and oxygen atoms in total. The van der Waals surface area contributed by atoms with Crippen molar-refractivity contribution in [3.8, 4) is 16.9 Å². The monoisotopic (exact) mass is 536 g/mol. The number of hydrogen-bond acceptors (Lipinski definition) is 3. The Kier molecular flexibility index (Phi) is 3.92. The Morgan fingerprint density at radius 1 is 0.880 bits per heavy atom.